The third-order valence-corrected chi connectivity index (χ3v) is 3.86. The largest absolute Gasteiger partial charge is 0.431 e. The number of rotatable bonds is 5. The van der Waals surface area contributed by atoms with Crippen LogP contribution in [0.25, 0.3) is 11.1 Å². The Morgan fingerprint density at radius 3 is 2.96 bits per heavy atom. The smallest absolute Gasteiger partial charge is 0.257 e. The van der Waals surface area contributed by atoms with Crippen molar-refractivity contribution in [3.8, 4) is 0 Å². The van der Waals surface area contributed by atoms with E-state index in [0.717, 1.165) is 11.1 Å². The Morgan fingerprint density at radius 1 is 1.30 bits per heavy atom. The lowest BCUT2D eigenvalue weighted by Gasteiger charge is -2.01. The molecule has 0 saturated heterocycles. The van der Waals surface area contributed by atoms with E-state index >= 15 is 0 Å². The summed E-state index contributed by atoms with van der Waals surface area (Å²) in [6.45, 7) is 1.81. The summed E-state index contributed by atoms with van der Waals surface area (Å²) in [4.78, 5) is 20.2. The van der Waals surface area contributed by atoms with Crippen LogP contribution in [0.4, 0.5) is 0 Å². The summed E-state index contributed by atoms with van der Waals surface area (Å²) in [5, 5.41) is 4.53. The maximum atomic E-state index is 11.8. The Balaban J connectivity index is 1.55. The third kappa shape index (κ3) is 3.95. The summed E-state index contributed by atoms with van der Waals surface area (Å²) in [7, 11) is 0. The van der Waals surface area contributed by atoms with E-state index < -0.39 is 0 Å². The molecule has 2 aromatic heterocycles. The first-order valence-corrected chi connectivity index (χ1v) is 7.93. The molecule has 0 spiro atoms. The quantitative estimate of drug-likeness (QED) is 0.443. The minimum Gasteiger partial charge on any atom is -0.431 e. The van der Waals surface area contributed by atoms with Crippen molar-refractivity contribution in [1.82, 2.24) is 15.4 Å². The molecular weight excluding hydrogens is 312 g/mol. The van der Waals surface area contributed by atoms with Crippen LogP contribution in [0.1, 0.15) is 12.5 Å². The minimum absolute atomic E-state index is 0.177. The van der Waals surface area contributed by atoms with Gasteiger partial charge in [-0.15, -0.1) is 0 Å². The Labute approximate surface area is 137 Å². The standard InChI is InChI=1S/C16H14N4O2S/c1-11(12-5-4-8-17-9-12)19-20-15(21)10-23-16-18-13-6-2-3-7-14(13)22-16/h2-9H,10H2,1H3,(H,20,21)/b19-11+. The molecule has 1 amide bonds. The molecule has 0 atom stereocenters. The number of nitrogens with zero attached hydrogens (tertiary/aromatic N) is 3. The Bertz CT molecular complexity index is 812. The topological polar surface area (TPSA) is 80.4 Å². The molecule has 0 radical (unpaired) electrons. The predicted octanol–water partition coefficient (Wildman–Crippen LogP) is 2.86. The third-order valence-electron chi connectivity index (χ3n) is 3.03. The number of hydrogen-bond acceptors (Lipinski definition) is 6. The summed E-state index contributed by atoms with van der Waals surface area (Å²) >= 11 is 1.23. The van der Waals surface area contributed by atoms with Gasteiger partial charge >= 0.3 is 0 Å². The summed E-state index contributed by atoms with van der Waals surface area (Å²) < 4.78 is 5.54. The average Bonchev–Trinajstić information content (AvgIpc) is 3.01. The molecule has 1 aromatic carbocycles. The van der Waals surface area contributed by atoms with E-state index in [-0.39, 0.29) is 11.7 Å². The molecule has 3 aromatic rings. The number of thioether (sulfide) groups is 1. The monoisotopic (exact) mass is 326 g/mol. The van der Waals surface area contributed by atoms with Crippen LogP contribution in [0.3, 0.4) is 0 Å². The van der Waals surface area contributed by atoms with Crippen LogP contribution in [0.5, 0.6) is 0 Å². The molecule has 0 saturated carbocycles. The van der Waals surface area contributed by atoms with Crippen molar-refractivity contribution in [2.24, 2.45) is 5.10 Å². The fourth-order valence-corrected chi connectivity index (χ4v) is 2.49. The van der Waals surface area contributed by atoms with Gasteiger partial charge in [0.2, 0.25) is 0 Å². The normalized spacial score (nSPS) is 11.6. The summed E-state index contributed by atoms with van der Waals surface area (Å²) in [6.07, 6.45) is 3.38. The van der Waals surface area contributed by atoms with E-state index in [4.69, 9.17) is 4.42 Å². The molecule has 0 unspecified atom stereocenters. The van der Waals surface area contributed by atoms with Gasteiger partial charge in [-0.1, -0.05) is 30.0 Å². The van der Waals surface area contributed by atoms with Crippen molar-refractivity contribution in [2.75, 3.05) is 5.75 Å². The van der Waals surface area contributed by atoms with Crippen molar-refractivity contribution in [2.45, 2.75) is 12.1 Å². The number of fused-ring (bicyclic) bond motifs is 1. The molecule has 0 aliphatic rings. The zero-order chi connectivity index (χ0) is 16.1. The highest BCUT2D eigenvalue weighted by Crippen LogP contribution is 2.22. The minimum atomic E-state index is -0.222. The lowest BCUT2D eigenvalue weighted by molar-refractivity contribution is -0.118. The van der Waals surface area contributed by atoms with Crippen LogP contribution >= 0.6 is 11.8 Å². The maximum Gasteiger partial charge on any atom is 0.257 e. The summed E-state index contributed by atoms with van der Waals surface area (Å²) in [5.41, 5.74) is 5.56. The van der Waals surface area contributed by atoms with E-state index in [1.165, 1.54) is 11.8 Å². The lowest BCUT2D eigenvalue weighted by Crippen LogP contribution is -2.21. The number of amides is 1. The molecule has 0 aliphatic heterocycles. The van der Waals surface area contributed by atoms with Crippen molar-refractivity contribution in [1.29, 1.82) is 0 Å². The second kappa shape index (κ2) is 7.06. The van der Waals surface area contributed by atoms with Crippen LogP contribution in [-0.4, -0.2) is 27.3 Å². The molecule has 7 heteroatoms. The van der Waals surface area contributed by atoms with Gasteiger partial charge in [-0.3, -0.25) is 9.78 Å². The Hall–Kier alpha value is -2.67. The zero-order valence-electron chi connectivity index (χ0n) is 12.4. The highest BCUT2D eigenvalue weighted by atomic mass is 32.2. The zero-order valence-corrected chi connectivity index (χ0v) is 13.2. The van der Waals surface area contributed by atoms with Gasteiger partial charge in [0, 0.05) is 18.0 Å². The molecule has 0 fully saturated rings. The van der Waals surface area contributed by atoms with Crippen LogP contribution < -0.4 is 5.43 Å². The maximum absolute atomic E-state index is 11.8. The van der Waals surface area contributed by atoms with Crippen LogP contribution in [0, 0.1) is 0 Å². The van der Waals surface area contributed by atoms with Gasteiger partial charge in [0.25, 0.3) is 11.1 Å². The summed E-state index contributed by atoms with van der Waals surface area (Å²) in [5.74, 6) is -0.0445. The van der Waals surface area contributed by atoms with Gasteiger partial charge in [0.05, 0.1) is 11.5 Å². The fourth-order valence-electron chi connectivity index (χ4n) is 1.86. The number of aromatic nitrogens is 2. The molecule has 3 rings (SSSR count). The van der Waals surface area contributed by atoms with E-state index in [0.29, 0.717) is 16.5 Å². The number of nitrogens with one attached hydrogen (secondary N) is 1. The second-order valence-electron chi connectivity index (χ2n) is 4.71. The SMILES string of the molecule is C/C(=N\NC(=O)CSc1nc2ccccc2o1)c1cccnc1. The number of benzene rings is 1. The highest BCUT2D eigenvalue weighted by molar-refractivity contribution is 7.99. The van der Waals surface area contributed by atoms with Gasteiger partial charge in [-0.2, -0.15) is 5.10 Å². The number of hydrazone groups is 1. The fraction of sp³-hybridized carbons (Fsp3) is 0.125. The van der Waals surface area contributed by atoms with Crippen molar-refractivity contribution in [3.63, 3.8) is 0 Å². The molecule has 2 heterocycles. The van der Waals surface area contributed by atoms with Crippen molar-refractivity contribution in [3.05, 3.63) is 54.4 Å². The van der Waals surface area contributed by atoms with Gasteiger partial charge in [0.1, 0.15) is 5.52 Å². The highest BCUT2D eigenvalue weighted by Gasteiger charge is 2.08. The van der Waals surface area contributed by atoms with Gasteiger partial charge in [0.15, 0.2) is 5.58 Å². The van der Waals surface area contributed by atoms with Crippen LogP contribution in [0.2, 0.25) is 0 Å². The average molecular weight is 326 g/mol. The molecule has 23 heavy (non-hydrogen) atoms. The first-order chi connectivity index (χ1) is 11.2. The number of carbonyl (C=O) groups excluding carboxylic acids is 1. The number of para-hydroxylation sites is 2. The first kappa shape index (κ1) is 15.2. The summed E-state index contributed by atoms with van der Waals surface area (Å²) in [6, 6.07) is 11.2. The number of pyridine rings is 1. The van der Waals surface area contributed by atoms with Crippen molar-refractivity contribution >= 4 is 34.5 Å². The molecule has 1 N–H and O–H groups in total. The molecule has 116 valence electrons. The molecule has 0 aliphatic carbocycles. The Morgan fingerprint density at radius 2 is 2.17 bits per heavy atom. The van der Waals surface area contributed by atoms with Gasteiger partial charge < -0.3 is 4.42 Å². The number of carbonyl (C=O) groups is 1. The van der Waals surface area contributed by atoms with Crippen molar-refractivity contribution < 1.29 is 9.21 Å². The lowest BCUT2D eigenvalue weighted by atomic mass is 10.2. The van der Waals surface area contributed by atoms with E-state index in [1.807, 2.05) is 43.3 Å². The second-order valence-corrected chi connectivity index (χ2v) is 5.64. The Kier molecular flexibility index (Phi) is 4.68. The predicted molar refractivity (Wildman–Crippen MR) is 89.3 cm³/mol. The van der Waals surface area contributed by atoms with E-state index in [2.05, 4.69) is 20.5 Å². The number of oxazole rings is 1. The van der Waals surface area contributed by atoms with Crippen LogP contribution in [0.15, 0.2) is 63.5 Å². The van der Waals surface area contributed by atoms with Gasteiger partial charge in [-0.25, -0.2) is 10.4 Å². The van der Waals surface area contributed by atoms with E-state index in [9.17, 15) is 4.79 Å². The number of hydrogen-bond donors (Lipinski definition) is 1. The van der Waals surface area contributed by atoms with Crippen LogP contribution in [-0.2, 0) is 4.79 Å². The first-order valence-electron chi connectivity index (χ1n) is 6.94. The molecule has 6 nitrogen and oxygen atoms in total. The molecule has 0 bridgehead atoms. The van der Waals surface area contributed by atoms with E-state index in [1.54, 1.807) is 12.4 Å². The van der Waals surface area contributed by atoms with Gasteiger partial charge in [-0.05, 0) is 25.1 Å². The molecular formula is C16H14N4O2S.